The van der Waals surface area contributed by atoms with Gasteiger partial charge in [0.15, 0.2) is 6.10 Å². The van der Waals surface area contributed by atoms with E-state index >= 15 is 0 Å². The van der Waals surface area contributed by atoms with E-state index in [2.05, 4.69) is 27.7 Å². The molecule has 0 aliphatic carbocycles. The largest absolute Gasteiger partial charge is 0.462 e. The molecule has 0 saturated carbocycles. The Labute approximate surface area is 280 Å². The molecule has 5 heteroatoms. The van der Waals surface area contributed by atoms with Gasteiger partial charge in [-0.2, -0.15) is 0 Å². The smallest absolute Gasteiger partial charge is 0.306 e. The zero-order chi connectivity index (χ0) is 33.2. The minimum Gasteiger partial charge on any atom is -0.462 e. The molecule has 0 bridgehead atoms. The number of rotatable bonds is 35. The monoisotopic (exact) mass is 639 g/mol. The van der Waals surface area contributed by atoms with Gasteiger partial charge in [-0.15, -0.1) is 0 Å². The Balaban J connectivity index is 3.49. The predicted molar refractivity (Wildman–Crippen MR) is 191 cm³/mol. The van der Waals surface area contributed by atoms with Crippen LogP contribution in [0.3, 0.4) is 0 Å². The first kappa shape index (κ1) is 43.9. The predicted octanol–water partition coefficient (Wildman–Crippen LogP) is 12.1. The fourth-order valence-electron chi connectivity index (χ4n) is 5.98. The summed E-state index contributed by atoms with van der Waals surface area (Å²) in [5.74, 6) is 1.10. The van der Waals surface area contributed by atoms with E-state index in [4.69, 9.17) is 9.47 Å². The van der Waals surface area contributed by atoms with E-state index in [1.165, 1.54) is 135 Å². The molecule has 0 saturated heterocycles. The van der Waals surface area contributed by atoms with Crippen LogP contribution in [0.2, 0.25) is 0 Å². The number of aliphatic hydroxyl groups is 1. The Morgan fingerprint density at radius 1 is 0.444 bits per heavy atom. The third kappa shape index (κ3) is 35.6. The Kier molecular flexibility index (Phi) is 33.4. The van der Waals surface area contributed by atoms with Crippen molar-refractivity contribution in [3.05, 3.63) is 0 Å². The molecule has 0 aromatic rings. The highest BCUT2D eigenvalue weighted by Gasteiger charge is 2.16. The fourth-order valence-corrected chi connectivity index (χ4v) is 5.98. The molecule has 0 rings (SSSR count). The van der Waals surface area contributed by atoms with Crippen molar-refractivity contribution in [1.82, 2.24) is 0 Å². The van der Waals surface area contributed by atoms with Gasteiger partial charge in [0.25, 0.3) is 0 Å². The van der Waals surface area contributed by atoms with Gasteiger partial charge in [0.2, 0.25) is 0 Å². The maximum atomic E-state index is 12.2. The standard InChI is InChI=1S/C40H78O5/c1-36(2)30-26-22-18-14-11-9-7-5-6-8-10-12-16-21-25-29-33-40(43)45-38(34-41)35-44-39(42)32-28-24-20-17-13-15-19-23-27-31-37(3)4/h36-38,41H,5-35H2,1-4H3/t38-/m0/s1. The Morgan fingerprint density at radius 2 is 0.733 bits per heavy atom. The molecule has 0 heterocycles. The number of aliphatic hydroxyl groups excluding tert-OH is 1. The second-order valence-corrected chi connectivity index (χ2v) is 14.7. The molecule has 0 aromatic heterocycles. The molecule has 0 amide bonds. The maximum absolute atomic E-state index is 12.2. The highest BCUT2D eigenvalue weighted by molar-refractivity contribution is 5.70. The van der Waals surface area contributed by atoms with Crippen molar-refractivity contribution in [2.24, 2.45) is 11.8 Å². The Morgan fingerprint density at radius 3 is 1.04 bits per heavy atom. The van der Waals surface area contributed by atoms with Crippen LogP contribution in [0.4, 0.5) is 0 Å². The topological polar surface area (TPSA) is 72.8 Å². The van der Waals surface area contributed by atoms with E-state index in [9.17, 15) is 14.7 Å². The first-order valence-electron chi connectivity index (χ1n) is 19.8. The number of hydrogen-bond donors (Lipinski definition) is 1. The van der Waals surface area contributed by atoms with Crippen molar-refractivity contribution >= 4 is 11.9 Å². The first-order chi connectivity index (χ1) is 21.8. The van der Waals surface area contributed by atoms with Crippen LogP contribution >= 0.6 is 0 Å². The second-order valence-electron chi connectivity index (χ2n) is 14.7. The highest BCUT2D eigenvalue weighted by atomic mass is 16.6. The lowest BCUT2D eigenvalue weighted by molar-refractivity contribution is -0.161. The minimum atomic E-state index is -0.762. The lowest BCUT2D eigenvalue weighted by Crippen LogP contribution is -2.28. The summed E-state index contributed by atoms with van der Waals surface area (Å²) < 4.78 is 10.6. The fraction of sp³-hybridized carbons (Fsp3) is 0.950. The van der Waals surface area contributed by atoms with Crippen LogP contribution in [0.15, 0.2) is 0 Å². The second kappa shape index (κ2) is 34.2. The number of esters is 2. The van der Waals surface area contributed by atoms with E-state index in [0.29, 0.717) is 12.8 Å². The van der Waals surface area contributed by atoms with Crippen molar-refractivity contribution in [3.8, 4) is 0 Å². The van der Waals surface area contributed by atoms with Crippen molar-refractivity contribution in [2.75, 3.05) is 13.2 Å². The van der Waals surface area contributed by atoms with Crippen LogP contribution < -0.4 is 0 Å². The van der Waals surface area contributed by atoms with Crippen LogP contribution in [0.1, 0.15) is 214 Å². The third-order valence-corrected chi connectivity index (χ3v) is 9.01. The Hall–Kier alpha value is -1.10. The van der Waals surface area contributed by atoms with Crippen molar-refractivity contribution in [3.63, 3.8) is 0 Å². The number of hydrogen-bond acceptors (Lipinski definition) is 5. The average Bonchev–Trinajstić information content (AvgIpc) is 3.00. The summed E-state index contributed by atoms with van der Waals surface area (Å²) in [6, 6.07) is 0. The van der Waals surface area contributed by atoms with E-state index in [0.717, 1.165) is 50.4 Å². The van der Waals surface area contributed by atoms with E-state index in [1.54, 1.807) is 0 Å². The summed E-state index contributed by atoms with van der Waals surface area (Å²) >= 11 is 0. The van der Waals surface area contributed by atoms with E-state index in [-0.39, 0.29) is 25.2 Å². The third-order valence-electron chi connectivity index (χ3n) is 9.01. The summed E-state index contributed by atoms with van der Waals surface area (Å²) in [6.07, 6.45) is 34.5. The molecule has 268 valence electrons. The molecule has 0 spiro atoms. The van der Waals surface area contributed by atoms with Gasteiger partial charge in [0, 0.05) is 12.8 Å². The first-order valence-corrected chi connectivity index (χ1v) is 19.8. The van der Waals surface area contributed by atoms with Gasteiger partial charge in [0.05, 0.1) is 6.61 Å². The quantitative estimate of drug-likeness (QED) is 0.0552. The van der Waals surface area contributed by atoms with Gasteiger partial charge in [-0.25, -0.2) is 0 Å². The van der Waals surface area contributed by atoms with Crippen LogP contribution in [0.5, 0.6) is 0 Å². The molecule has 0 aliphatic heterocycles. The molecular formula is C40H78O5. The molecule has 0 radical (unpaired) electrons. The average molecular weight is 639 g/mol. The zero-order valence-corrected chi connectivity index (χ0v) is 30.7. The summed E-state index contributed by atoms with van der Waals surface area (Å²) in [6.45, 7) is 8.84. The molecule has 0 fully saturated rings. The van der Waals surface area contributed by atoms with Gasteiger partial charge < -0.3 is 14.6 Å². The molecule has 1 N–H and O–H groups in total. The SMILES string of the molecule is CC(C)CCCCCCCCCCCCCCCCCCC(=O)O[C@@H](CO)COC(=O)CCCCCCCCCCCC(C)C. The minimum absolute atomic E-state index is 0.0591. The van der Waals surface area contributed by atoms with E-state index in [1.807, 2.05) is 0 Å². The number of ether oxygens (including phenoxy) is 2. The van der Waals surface area contributed by atoms with Gasteiger partial charge >= 0.3 is 11.9 Å². The van der Waals surface area contributed by atoms with Crippen molar-refractivity contribution < 1.29 is 24.2 Å². The summed E-state index contributed by atoms with van der Waals surface area (Å²) in [5, 5.41) is 9.54. The van der Waals surface area contributed by atoms with Crippen molar-refractivity contribution in [2.45, 2.75) is 220 Å². The molecule has 5 nitrogen and oxygen atoms in total. The molecule has 1 atom stereocenters. The molecule has 0 unspecified atom stereocenters. The van der Waals surface area contributed by atoms with Gasteiger partial charge in [0.1, 0.15) is 6.61 Å². The van der Waals surface area contributed by atoms with Crippen LogP contribution in [-0.2, 0) is 19.1 Å². The van der Waals surface area contributed by atoms with Crippen LogP contribution in [-0.4, -0.2) is 36.4 Å². The number of carbonyl (C=O) groups excluding carboxylic acids is 2. The maximum Gasteiger partial charge on any atom is 0.306 e. The number of unbranched alkanes of at least 4 members (excludes halogenated alkanes) is 23. The van der Waals surface area contributed by atoms with E-state index < -0.39 is 6.10 Å². The summed E-state index contributed by atoms with van der Waals surface area (Å²) in [5.41, 5.74) is 0. The molecule has 45 heavy (non-hydrogen) atoms. The zero-order valence-electron chi connectivity index (χ0n) is 30.7. The lowest BCUT2D eigenvalue weighted by Gasteiger charge is -2.15. The van der Waals surface area contributed by atoms with Crippen LogP contribution in [0, 0.1) is 11.8 Å². The highest BCUT2D eigenvalue weighted by Crippen LogP contribution is 2.16. The van der Waals surface area contributed by atoms with Gasteiger partial charge in [-0.3, -0.25) is 9.59 Å². The van der Waals surface area contributed by atoms with Crippen LogP contribution in [0.25, 0.3) is 0 Å². The normalized spacial score (nSPS) is 12.2. The molecule has 0 aliphatic rings. The lowest BCUT2D eigenvalue weighted by atomic mass is 10.0. The van der Waals surface area contributed by atoms with Crippen molar-refractivity contribution in [1.29, 1.82) is 0 Å². The van der Waals surface area contributed by atoms with Gasteiger partial charge in [-0.1, -0.05) is 188 Å². The molecule has 0 aromatic carbocycles. The van der Waals surface area contributed by atoms with Gasteiger partial charge in [-0.05, 0) is 24.7 Å². The summed E-state index contributed by atoms with van der Waals surface area (Å²) in [7, 11) is 0. The summed E-state index contributed by atoms with van der Waals surface area (Å²) in [4.78, 5) is 24.2. The molecular weight excluding hydrogens is 560 g/mol. The number of carbonyl (C=O) groups is 2. The Bertz CT molecular complexity index is 632.